The van der Waals surface area contributed by atoms with Crippen molar-refractivity contribution in [2.75, 3.05) is 26.2 Å². The molecule has 0 aromatic heterocycles. The summed E-state index contributed by atoms with van der Waals surface area (Å²) in [7, 11) is 0. The van der Waals surface area contributed by atoms with Crippen LogP contribution in [0.4, 0.5) is 0 Å². The third-order valence-electron chi connectivity index (χ3n) is 4.01. The molecule has 0 amide bonds. The van der Waals surface area contributed by atoms with Crippen LogP contribution in [0.2, 0.25) is 0 Å². The number of benzene rings is 1. The van der Waals surface area contributed by atoms with Crippen LogP contribution in [0, 0.1) is 0 Å². The number of hydrogen-bond donors (Lipinski definition) is 1. The van der Waals surface area contributed by atoms with Crippen LogP contribution < -0.4 is 10.1 Å². The third kappa shape index (κ3) is 4.76. The highest BCUT2D eigenvalue weighted by Gasteiger charge is 2.21. The molecule has 2 unspecified atom stereocenters. The number of halogens is 1. The van der Waals surface area contributed by atoms with Gasteiger partial charge < -0.3 is 10.1 Å². The topological polar surface area (TPSA) is 24.5 Å². The summed E-state index contributed by atoms with van der Waals surface area (Å²) in [6.45, 7) is 8.56. The van der Waals surface area contributed by atoms with Gasteiger partial charge in [-0.15, -0.1) is 0 Å². The van der Waals surface area contributed by atoms with E-state index < -0.39 is 0 Å². The summed E-state index contributed by atoms with van der Waals surface area (Å²) in [6.07, 6.45) is 2.41. The number of nitrogens with zero attached hydrogens (tertiary/aromatic N) is 1. The lowest BCUT2D eigenvalue weighted by atomic mass is 10.2. The fraction of sp³-hybridized carbons (Fsp3) is 0.625. The molecule has 112 valence electrons. The van der Waals surface area contributed by atoms with Crippen molar-refractivity contribution in [2.24, 2.45) is 0 Å². The van der Waals surface area contributed by atoms with Crippen LogP contribution in [-0.2, 0) is 0 Å². The highest BCUT2D eigenvalue weighted by Crippen LogP contribution is 2.18. The highest BCUT2D eigenvalue weighted by molar-refractivity contribution is 9.10. The van der Waals surface area contributed by atoms with Crippen molar-refractivity contribution in [3.05, 3.63) is 28.7 Å². The molecule has 4 heteroatoms. The van der Waals surface area contributed by atoms with E-state index in [0.29, 0.717) is 12.1 Å². The zero-order valence-corrected chi connectivity index (χ0v) is 14.0. The van der Waals surface area contributed by atoms with Gasteiger partial charge in [-0.05, 0) is 44.5 Å². The summed E-state index contributed by atoms with van der Waals surface area (Å²) in [4.78, 5) is 2.55. The van der Waals surface area contributed by atoms with Crippen LogP contribution in [0.25, 0.3) is 0 Å². The quantitative estimate of drug-likeness (QED) is 0.889. The molecule has 1 aliphatic rings. The van der Waals surface area contributed by atoms with Crippen molar-refractivity contribution in [2.45, 2.75) is 38.8 Å². The van der Waals surface area contributed by atoms with Gasteiger partial charge in [-0.1, -0.05) is 28.9 Å². The van der Waals surface area contributed by atoms with Crippen molar-refractivity contribution in [3.8, 4) is 5.75 Å². The van der Waals surface area contributed by atoms with E-state index in [-0.39, 0.29) is 0 Å². The standard InChI is InChI=1S/C16H25BrN2O/c1-3-15-12-19(13(2)7-8-18-15)9-10-20-16-6-4-5-14(17)11-16/h4-6,11,13,15,18H,3,7-10,12H2,1-2H3. The summed E-state index contributed by atoms with van der Waals surface area (Å²) in [5.41, 5.74) is 0. The minimum Gasteiger partial charge on any atom is -0.492 e. The van der Waals surface area contributed by atoms with Crippen LogP contribution in [0.5, 0.6) is 5.75 Å². The Bertz CT molecular complexity index is 413. The van der Waals surface area contributed by atoms with Crippen LogP contribution in [-0.4, -0.2) is 43.2 Å². The summed E-state index contributed by atoms with van der Waals surface area (Å²) in [5, 5.41) is 3.62. The maximum Gasteiger partial charge on any atom is 0.120 e. The van der Waals surface area contributed by atoms with Gasteiger partial charge >= 0.3 is 0 Å². The number of hydrogen-bond acceptors (Lipinski definition) is 3. The van der Waals surface area contributed by atoms with Gasteiger partial charge in [0.25, 0.3) is 0 Å². The van der Waals surface area contributed by atoms with Gasteiger partial charge in [0.05, 0.1) is 0 Å². The molecule has 0 aliphatic carbocycles. The lowest BCUT2D eigenvalue weighted by molar-refractivity contribution is 0.164. The van der Waals surface area contributed by atoms with E-state index in [4.69, 9.17) is 4.74 Å². The Morgan fingerprint density at radius 1 is 1.45 bits per heavy atom. The summed E-state index contributed by atoms with van der Waals surface area (Å²) >= 11 is 3.47. The molecule has 1 heterocycles. The summed E-state index contributed by atoms with van der Waals surface area (Å²) in [5.74, 6) is 0.937. The highest BCUT2D eigenvalue weighted by atomic mass is 79.9. The largest absolute Gasteiger partial charge is 0.492 e. The van der Waals surface area contributed by atoms with E-state index in [9.17, 15) is 0 Å². The Labute approximate surface area is 130 Å². The molecule has 1 aromatic rings. The minimum atomic E-state index is 0.616. The SMILES string of the molecule is CCC1CN(CCOc2cccc(Br)c2)C(C)CCN1. The van der Waals surface area contributed by atoms with Gasteiger partial charge in [0.1, 0.15) is 12.4 Å². The number of nitrogens with one attached hydrogen (secondary N) is 1. The lowest BCUT2D eigenvalue weighted by Gasteiger charge is -2.28. The Balaban J connectivity index is 1.82. The summed E-state index contributed by atoms with van der Waals surface area (Å²) in [6, 6.07) is 9.29. The van der Waals surface area contributed by atoms with Gasteiger partial charge in [0, 0.05) is 29.6 Å². The molecule has 1 fully saturated rings. The fourth-order valence-electron chi connectivity index (χ4n) is 2.63. The molecule has 0 spiro atoms. The molecule has 3 nitrogen and oxygen atoms in total. The predicted molar refractivity (Wildman–Crippen MR) is 87.4 cm³/mol. The molecule has 1 N–H and O–H groups in total. The molecule has 1 aromatic carbocycles. The maximum atomic E-state index is 5.86. The second-order valence-electron chi connectivity index (χ2n) is 5.50. The molecular formula is C16H25BrN2O. The molecule has 20 heavy (non-hydrogen) atoms. The first-order chi connectivity index (χ1) is 9.69. The molecule has 0 saturated carbocycles. The van der Waals surface area contributed by atoms with E-state index in [1.807, 2.05) is 24.3 Å². The van der Waals surface area contributed by atoms with Crippen LogP contribution in [0.1, 0.15) is 26.7 Å². The van der Waals surface area contributed by atoms with Gasteiger partial charge in [-0.3, -0.25) is 4.90 Å². The minimum absolute atomic E-state index is 0.616. The van der Waals surface area contributed by atoms with Crippen LogP contribution >= 0.6 is 15.9 Å². The van der Waals surface area contributed by atoms with Gasteiger partial charge in [0.15, 0.2) is 0 Å². The average Bonchev–Trinajstić information content (AvgIpc) is 2.61. The normalized spacial score (nSPS) is 24.4. The molecule has 2 rings (SSSR count). The number of ether oxygens (including phenoxy) is 1. The van der Waals surface area contributed by atoms with Crippen molar-refractivity contribution < 1.29 is 4.74 Å². The smallest absolute Gasteiger partial charge is 0.120 e. The van der Waals surface area contributed by atoms with Gasteiger partial charge in [-0.2, -0.15) is 0 Å². The van der Waals surface area contributed by atoms with E-state index >= 15 is 0 Å². The maximum absolute atomic E-state index is 5.86. The van der Waals surface area contributed by atoms with Crippen LogP contribution in [0.3, 0.4) is 0 Å². The second-order valence-corrected chi connectivity index (χ2v) is 6.41. The van der Waals surface area contributed by atoms with E-state index in [1.54, 1.807) is 0 Å². The molecule has 0 bridgehead atoms. The summed E-state index contributed by atoms with van der Waals surface area (Å²) < 4.78 is 6.92. The second kappa shape index (κ2) is 8.01. The molecular weight excluding hydrogens is 316 g/mol. The number of rotatable bonds is 5. The molecule has 2 atom stereocenters. The van der Waals surface area contributed by atoms with Gasteiger partial charge in [0.2, 0.25) is 0 Å². The zero-order chi connectivity index (χ0) is 14.4. The Kier molecular flexibility index (Phi) is 6.33. The monoisotopic (exact) mass is 340 g/mol. The average molecular weight is 341 g/mol. The molecule has 0 radical (unpaired) electrons. The van der Waals surface area contributed by atoms with Crippen molar-refractivity contribution in [1.29, 1.82) is 0 Å². The van der Waals surface area contributed by atoms with E-state index in [0.717, 1.165) is 36.5 Å². The van der Waals surface area contributed by atoms with E-state index in [1.165, 1.54) is 12.8 Å². The van der Waals surface area contributed by atoms with Crippen molar-refractivity contribution >= 4 is 15.9 Å². The van der Waals surface area contributed by atoms with E-state index in [2.05, 4.69) is 40.0 Å². The zero-order valence-electron chi connectivity index (χ0n) is 12.4. The molecule has 1 aliphatic heterocycles. The lowest BCUT2D eigenvalue weighted by Crippen LogP contribution is -2.41. The fourth-order valence-corrected chi connectivity index (χ4v) is 3.01. The van der Waals surface area contributed by atoms with Crippen molar-refractivity contribution in [1.82, 2.24) is 10.2 Å². The third-order valence-corrected chi connectivity index (χ3v) is 4.50. The Morgan fingerprint density at radius 3 is 3.05 bits per heavy atom. The predicted octanol–water partition coefficient (Wildman–Crippen LogP) is 3.29. The first-order valence-electron chi connectivity index (χ1n) is 7.55. The first-order valence-corrected chi connectivity index (χ1v) is 8.34. The van der Waals surface area contributed by atoms with Crippen LogP contribution in [0.15, 0.2) is 28.7 Å². The van der Waals surface area contributed by atoms with Crippen molar-refractivity contribution in [3.63, 3.8) is 0 Å². The molecule has 1 saturated heterocycles. The Morgan fingerprint density at radius 2 is 2.30 bits per heavy atom. The van der Waals surface area contributed by atoms with Gasteiger partial charge in [-0.25, -0.2) is 0 Å². The Hall–Kier alpha value is -0.580. The first kappa shape index (κ1) is 15.8.